The molecular weight excluding hydrogens is 356 g/mol. The third kappa shape index (κ3) is 4.84. The molecule has 0 unspecified atom stereocenters. The van der Waals surface area contributed by atoms with Gasteiger partial charge in [-0.1, -0.05) is 11.6 Å². The van der Waals surface area contributed by atoms with E-state index in [1.807, 2.05) is 25.1 Å². The van der Waals surface area contributed by atoms with E-state index in [9.17, 15) is 13.2 Å². The van der Waals surface area contributed by atoms with Gasteiger partial charge in [0.1, 0.15) is 16.4 Å². The van der Waals surface area contributed by atoms with Crippen LogP contribution in [0.3, 0.4) is 0 Å². The van der Waals surface area contributed by atoms with Crippen LogP contribution in [-0.2, 0) is 14.8 Å². The van der Waals surface area contributed by atoms with Crippen molar-refractivity contribution < 1.29 is 22.7 Å². The standard InChI is InChI=1S/C18H20N2O5S/c1-12-4-7-15(24-2)13(10-12)5-9-18(21)20-14-6-8-16(25-3)17(11-14)26(19,22)23/h4-11H,1-3H3,(H,20,21)(H2,19,22,23)/b9-5+. The van der Waals surface area contributed by atoms with Gasteiger partial charge in [-0.05, 0) is 43.3 Å². The van der Waals surface area contributed by atoms with E-state index in [0.717, 1.165) is 11.1 Å². The minimum Gasteiger partial charge on any atom is -0.496 e. The Morgan fingerprint density at radius 1 is 1.08 bits per heavy atom. The van der Waals surface area contributed by atoms with Crippen LogP contribution in [0, 0.1) is 6.92 Å². The number of nitrogens with two attached hydrogens (primary N) is 1. The summed E-state index contributed by atoms with van der Waals surface area (Å²) < 4.78 is 33.5. The Labute approximate surface area is 152 Å². The molecule has 0 aromatic heterocycles. The summed E-state index contributed by atoms with van der Waals surface area (Å²) >= 11 is 0. The fourth-order valence-electron chi connectivity index (χ4n) is 2.31. The second-order valence-corrected chi connectivity index (χ2v) is 7.01. The first-order valence-electron chi connectivity index (χ1n) is 7.59. The smallest absolute Gasteiger partial charge is 0.248 e. The molecule has 0 heterocycles. The van der Waals surface area contributed by atoms with Gasteiger partial charge in [0.15, 0.2) is 0 Å². The number of rotatable bonds is 6. The van der Waals surface area contributed by atoms with Crippen LogP contribution >= 0.6 is 0 Å². The lowest BCUT2D eigenvalue weighted by molar-refractivity contribution is -0.111. The summed E-state index contributed by atoms with van der Waals surface area (Å²) in [5, 5.41) is 7.75. The van der Waals surface area contributed by atoms with Crippen molar-refractivity contribution in [1.29, 1.82) is 0 Å². The highest BCUT2D eigenvalue weighted by atomic mass is 32.2. The average molecular weight is 376 g/mol. The van der Waals surface area contributed by atoms with Gasteiger partial charge in [-0.3, -0.25) is 4.79 Å². The fourth-order valence-corrected chi connectivity index (χ4v) is 3.03. The van der Waals surface area contributed by atoms with Crippen LogP contribution in [-0.4, -0.2) is 28.5 Å². The second-order valence-electron chi connectivity index (χ2n) is 5.48. The van der Waals surface area contributed by atoms with Crippen LogP contribution in [0.4, 0.5) is 5.69 Å². The maximum absolute atomic E-state index is 12.1. The lowest BCUT2D eigenvalue weighted by Crippen LogP contribution is -2.15. The molecule has 2 rings (SSSR count). The van der Waals surface area contributed by atoms with E-state index in [-0.39, 0.29) is 16.3 Å². The zero-order valence-corrected chi connectivity index (χ0v) is 15.5. The molecule has 0 aliphatic rings. The molecule has 2 aromatic rings. The van der Waals surface area contributed by atoms with E-state index in [0.29, 0.717) is 5.75 Å². The van der Waals surface area contributed by atoms with Crippen LogP contribution in [0.1, 0.15) is 11.1 Å². The summed E-state index contributed by atoms with van der Waals surface area (Å²) in [5.74, 6) is 0.310. The first-order valence-corrected chi connectivity index (χ1v) is 9.14. The average Bonchev–Trinajstić information content (AvgIpc) is 2.59. The lowest BCUT2D eigenvalue weighted by atomic mass is 10.1. The van der Waals surface area contributed by atoms with E-state index < -0.39 is 15.9 Å². The molecule has 3 N–H and O–H groups in total. The topological polar surface area (TPSA) is 108 Å². The summed E-state index contributed by atoms with van der Waals surface area (Å²) in [5.41, 5.74) is 2.06. The summed E-state index contributed by atoms with van der Waals surface area (Å²) in [6.45, 7) is 1.93. The zero-order valence-electron chi connectivity index (χ0n) is 14.6. The molecule has 8 heteroatoms. The van der Waals surface area contributed by atoms with Gasteiger partial charge in [0, 0.05) is 17.3 Å². The van der Waals surface area contributed by atoms with Crippen molar-refractivity contribution in [2.75, 3.05) is 19.5 Å². The normalized spacial score (nSPS) is 11.4. The molecule has 0 fully saturated rings. The molecule has 0 spiro atoms. The number of benzene rings is 2. The van der Waals surface area contributed by atoms with Crippen LogP contribution in [0.5, 0.6) is 11.5 Å². The van der Waals surface area contributed by atoms with Gasteiger partial charge in [0.05, 0.1) is 14.2 Å². The summed E-state index contributed by atoms with van der Waals surface area (Å²) in [7, 11) is -1.10. The van der Waals surface area contributed by atoms with Gasteiger partial charge in [-0.2, -0.15) is 0 Å². The highest BCUT2D eigenvalue weighted by Crippen LogP contribution is 2.26. The van der Waals surface area contributed by atoms with Crippen molar-refractivity contribution in [2.45, 2.75) is 11.8 Å². The number of carbonyl (C=O) groups is 1. The van der Waals surface area contributed by atoms with Crippen molar-refractivity contribution in [3.63, 3.8) is 0 Å². The minimum atomic E-state index is -3.98. The lowest BCUT2D eigenvalue weighted by Gasteiger charge is -2.09. The molecule has 0 bridgehead atoms. The molecule has 0 radical (unpaired) electrons. The number of aryl methyl sites for hydroxylation is 1. The van der Waals surface area contributed by atoms with E-state index >= 15 is 0 Å². The third-order valence-electron chi connectivity index (χ3n) is 3.54. The number of hydrogen-bond donors (Lipinski definition) is 2. The molecule has 26 heavy (non-hydrogen) atoms. The van der Waals surface area contributed by atoms with Crippen LogP contribution in [0.25, 0.3) is 6.08 Å². The van der Waals surface area contributed by atoms with Gasteiger partial charge < -0.3 is 14.8 Å². The molecule has 0 saturated heterocycles. The largest absolute Gasteiger partial charge is 0.496 e. The van der Waals surface area contributed by atoms with E-state index in [1.165, 1.54) is 31.4 Å². The number of amides is 1. The zero-order chi connectivity index (χ0) is 19.3. The SMILES string of the molecule is COc1ccc(C)cc1/C=C/C(=O)Nc1ccc(OC)c(S(N)(=O)=O)c1. The Hall–Kier alpha value is -2.84. The molecule has 1 amide bonds. The van der Waals surface area contributed by atoms with Gasteiger partial charge in [0.2, 0.25) is 15.9 Å². The van der Waals surface area contributed by atoms with Gasteiger partial charge >= 0.3 is 0 Å². The van der Waals surface area contributed by atoms with E-state index in [2.05, 4.69) is 5.32 Å². The third-order valence-corrected chi connectivity index (χ3v) is 4.47. The Balaban J connectivity index is 2.22. The first kappa shape index (κ1) is 19.5. The van der Waals surface area contributed by atoms with Gasteiger partial charge in [-0.25, -0.2) is 13.6 Å². The van der Waals surface area contributed by atoms with Crippen LogP contribution < -0.4 is 19.9 Å². The Bertz CT molecular complexity index is 952. The molecular formula is C18H20N2O5S. The fraction of sp³-hybridized carbons (Fsp3) is 0.167. The summed E-state index contributed by atoms with van der Waals surface area (Å²) in [6.07, 6.45) is 2.95. The number of carbonyl (C=O) groups excluding carboxylic acids is 1. The van der Waals surface area contributed by atoms with Crippen molar-refractivity contribution in [1.82, 2.24) is 0 Å². The van der Waals surface area contributed by atoms with E-state index in [4.69, 9.17) is 14.6 Å². The Morgan fingerprint density at radius 3 is 2.35 bits per heavy atom. The number of sulfonamides is 1. The number of primary sulfonamides is 1. The Kier molecular flexibility index (Phi) is 6.01. The maximum atomic E-state index is 12.1. The maximum Gasteiger partial charge on any atom is 0.248 e. The van der Waals surface area contributed by atoms with Crippen molar-refractivity contribution >= 4 is 27.7 Å². The number of ether oxygens (including phenoxy) is 2. The van der Waals surface area contributed by atoms with Crippen molar-refractivity contribution in [3.8, 4) is 11.5 Å². The number of hydrogen-bond acceptors (Lipinski definition) is 5. The second kappa shape index (κ2) is 8.03. The van der Waals surface area contributed by atoms with Crippen LogP contribution in [0.2, 0.25) is 0 Å². The monoisotopic (exact) mass is 376 g/mol. The predicted octanol–water partition coefficient (Wildman–Crippen LogP) is 2.31. The quantitative estimate of drug-likeness (QED) is 0.752. The summed E-state index contributed by atoms with van der Waals surface area (Å²) in [6, 6.07) is 9.79. The first-order chi connectivity index (χ1) is 12.2. The highest BCUT2D eigenvalue weighted by molar-refractivity contribution is 7.89. The molecule has 0 saturated carbocycles. The molecule has 0 aliphatic heterocycles. The van der Waals surface area contributed by atoms with E-state index in [1.54, 1.807) is 13.2 Å². The summed E-state index contributed by atoms with van der Waals surface area (Å²) in [4.78, 5) is 11.9. The van der Waals surface area contributed by atoms with Gasteiger partial charge in [0.25, 0.3) is 0 Å². The number of methoxy groups -OCH3 is 2. The molecule has 0 aliphatic carbocycles. The van der Waals surface area contributed by atoms with Crippen molar-refractivity contribution in [2.24, 2.45) is 5.14 Å². The molecule has 7 nitrogen and oxygen atoms in total. The molecule has 0 atom stereocenters. The predicted molar refractivity (Wildman–Crippen MR) is 99.8 cm³/mol. The Morgan fingerprint density at radius 2 is 1.73 bits per heavy atom. The number of anilines is 1. The van der Waals surface area contributed by atoms with Crippen LogP contribution in [0.15, 0.2) is 47.4 Å². The molecule has 2 aromatic carbocycles. The number of nitrogens with one attached hydrogen (secondary N) is 1. The minimum absolute atomic E-state index is 0.102. The molecule has 138 valence electrons. The van der Waals surface area contributed by atoms with Gasteiger partial charge in [-0.15, -0.1) is 0 Å². The highest BCUT2D eigenvalue weighted by Gasteiger charge is 2.16. The van der Waals surface area contributed by atoms with Crippen molar-refractivity contribution in [3.05, 3.63) is 53.6 Å².